The highest BCUT2D eigenvalue weighted by Gasteiger charge is 2.22. The topological polar surface area (TPSA) is 108 Å². The molecule has 0 bridgehead atoms. The van der Waals surface area contributed by atoms with E-state index in [0.717, 1.165) is 16.1 Å². The third-order valence-corrected chi connectivity index (χ3v) is 5.06. The Balaban J connectivity index is 2.12. The van der Waals surface area contributed by atoms with Crippen molar-refractivity contribution in [1.82, 2.24) is 5.43 Å². The zero-order valence-electron chi connectivity index (χ0n) is 15.9. The Bertz CT molecular complexity index is 973. The molecule has 0 radical (unpaired) electrons. The van der Waals surface area contributed by atoms with Gasteiger partial charge in [0.15, 0.2) is 11.5 Å². The number of amides is 1. The van der Waals surface area contributed by atoms with Gasteiger partial charge in [-0.2, -0.15) is 5.10 Å². The van der Waals surface area contributed by atoms with Crippen LogP contribution in [0.5, 0.6) is 11.5 Å². The number of phenols is 1. The first kappa shape index (κ1) is 21.2. The summed E-state index contributed by atoms with van der Waals surface area (Å²) < 4.78 is 30.5. The molecule has 0 unspecified atom stereocenters. The van der Waals surface area contributed by atoms with Crippen molar-refractivity contribution in [1.29, 1.82) is 0 Å². The Morgan fingerprint density at radius 1 is 1.29 bits per heavy atom. The molecule has 1 amide bonds. The summed E-state index contributed by atoms with van der Waals surface area (Å²) in [6, 6.07) is 11.6. The van der Waals surface area contributed by atoms with E-state index in [4.69, 9.17) is 4.74 Å². The summed E-state index contributed by atoms with van der Waals surface area (Å²) in [6.07, 6.45) is 3.05. The number of carbonyl (C=O) groups excluding carboxylic acids is 1. The lowest BCUT2D eigenvalue weighted by Gasteiger charge is -2.23. The number of phenolic OH excluding ortho intramolecular Hbond substituents is 1. The molecule has 2 rings (SSSR count). The number of carbonyl (C=O) groups is 1. The summed E-state index contributed by atoms with van der Waals surface area (Å²) in [5.41, 5.74) is 4.19. The van der Waals surface area contributed by atoms with Gasteiger partial charge in [0.1, 0.15) is 6.54 Å². The number of nitrogens with one attached hydrogen (secondary N) is 1. The van der Waals surface area contributed by atoms with Crippen molar-refractivity contribution < 1.29 is 23.1 Å². The van der Waals surface area contributed by atoms with E-state index in [1.807, 2.05) is 19.1 Å². The van der Waals surface area contributed by atoms with E-state index in [2.05, 4.69) is 10.5 Å². The number of para-hydroxylation sites is 1. The zero-order valence-corrected chi connectivity index (χ0v) is 16.7. The lowest BCUT2D eigenvalue weighted by atomic mass is 10.1. The maximum atomic E-state index is 12.2. The van der Waals surface area contributed by atoms with Gasteiger partial charge in [-0.15, -0.1) is 0 Å². The number of rotatable bonds is 8. The monoisotopic (exact) mass is 405 g/mol. The maximum absolute atomic E-state index is 12.2. The van der Waals surface area contributed by atoms with Crippen molar-refractivity contribution in [3.63, 3.8) is 0 Å². The molecule has 2 aromatic carbocycles. The van der Waals surface area contributed by atoms with Gasteiger partial charge < -0.3 is 9.84 Å². The summed E-state index contributed by atoms with van der Waals surface area (Å²) in [5, 5.41) is 13.4. The Morgan fingerprint density at radius 2 is 2.00 bits per heavy atom. The highest BCUT2D eigenvalue weighted by atomic mass is 32.2. The number of aromatic hydroxyl groups is 1. The number of ether oxygens (including phenoxy) is 1. The molecule has 0 aliphatic carbocycles. The number of anilines is 1. The molecule has 0 saturated carbocycles. The second kappa shape index (κ2) is 9.23. The third kappa shape index (κ3) is 5.46. The molecule has 150 valence electrons. The van der Waals surface area contributed by atoms with Crippen molar-refractivity contribution in [2.24, 2.45) is 5.10 Å². The molecular weight excluding hydrogens is 382 g/mol. The lowest BCUT2D eigenvalue weighted by Crippen LogP contribution is -2.39. The molecule has 0 aliphatic rings. The first-order valence-corrected chi connectivity index (χ1v) is 10.4. The number of methoxy groups -OCH3 is 1. The van der Waals surface area contributed by atoms with Crippen molar-refractivity contribution in [3.05, 3.63) is 53.6 Å². The predicted octanol–water partition coefficient (Wildman–Crippen LogP) is 1.88. The molecule has 28 heavy (non-hydrogen) atoms. The fraction of sp³-hybridized carbons (Fsp3) is 0.263. The normalized spacial score (nSPS) is 11.4. The second-order valence-electron chi connectivity index (χ2n) is 5.98. The van der Waals surface area contributed by atoms with E-state index < -0.39 is 22.5 Å². The number of sulfonamides is 1. The van der Waals surface area contributed by atoms with Gasteiger partial charge >= 0.3 is 0 Å². The number of hydrogen-bond donors (Lipinski definition) is 2. The van der Waals surface area contributed by atoms with Crippen LogP contribution in [-0.2, 0) is 21.2 Å². The number of aryl methyl sites for hydroxylation is 1. The Kier molecular flexibility index (Phi) is 7.00. The maximum Gasteiger partial charge on any atom is 0.260 e. The van der Waals surface area contributed by atoms with Gasteiger partial charge in [-0.25, -0.2) is 13.8 Å². The van der Waals surface area contributed by atoms with Crippen LogP contribution in [0.3, 0.4) is 0 Å². The van der Waals surface area contributed by atoms with Gasteiger partial charge in [0.25, 0.3) is 5.91 Å². The minimum Gasteiger partial charge on any atom is -0.504 e. The van der Waals surface area contributed by atoms with E-state index in [1.54, 1.807) is 24.3 Å². The van der Waals surface area contributed by atoms with Crippen LogP contribution >= 0.6 is 0 Å². The van der Waals surface area contributed by atoms with Crippen molar-refractivity contribution in [2.45, 2.75) is 13.3 Å². The SMILES string of the molecule is CCc1ccccc1N(CC(=O)N/N=C\c1ccc(O)c(OC)c1)S(C)(=O)=O. The summed E-state index contributed by atoms with van der Waals surface area (Å²) in [4.78, 5) is 12.2. The van der Waals surface area contributed by atoms with Crippen LogP contribution in [0.4, 0.5) is 5.69 Å². The molecule has 0 aliphatic heterocycles. The fourth-order valence-electron chi connectivity index (χ4n) is 2.55. The van der Waals surface area contributed by atoms with E-state index in [9.17, 15) is 18.3 Å². The van der Waals surface area contributed by atoms with Gasteiger partial charge in [0, 0.05) is 0 Å². The summed E-state index contributed by atoms with van der Waals surface area (Å²) >= 11 is 0. The lowest BCUT2D eigenvalue weighted by molar-refractivity contribution is -0.119. The first-order valence-electron chi connectivity index (χ1n) is 8.50. The fourth-order valence-corrected chi connectivity index (χ4v) is 3.44. The van der Waals surface area contributed by atoms with Gasteiger partial charge in [0.2, 0.25) is 10.0 Å². The molecule has 0 heterocycles. The molecule has 0 atom stereocenters. The minimum absolute atomic E-state index is 0.0120. The first-order chi connectivity index (χ1) is 13.3. The Hall–Kier alpha value is -3.07. The highest BCUT2D eigenvalue weighted by Crippen LogP contribution is 2.25. The van der Waals surface area contributed by atoms with Crippen molar-refractivity contribution in [2.75, 3.05) is 24.2 Å². The van der Waals surface area contributed by atoms with E-state index in [0.29, 0.717) is 17.7 Å². The van der Waals surface area contributed by atoms with Crippen LogP contribution in [0.1, 0.15) is 18.1 Å². The second-order valence-corrected chi connectivity index (χ2v) is 7.88. The average molecular weight is 405 g/mol. The highest BCUT2D eigenvalue weighted by molar-refractivity contribution is 7.92. The molecule has 0 fully saturated rings. The van der Waals surface area contributed by atoms with Crippen LogP contribution in [0.15, 0.2) is 47.6 Å². The van der Waals surface area contributed by atoms with Gasteiger partial charge in [-0.1, -0.05) is 25.1 Å². The van der Waals surface area contributed by atoms with E-state index in [1.165, 1.54) is 19.4 Å². The van der Waals surface area contributed by atoms with E-state index in [-0.39, 0.29) is 11.5 Å². The number of hydrazone groups is 1. The summed E-state index contributed by atoms with van der Waals surface area (Å²) in [7, 11) is -2.24. The molecule has 0 spiro atoms. The number of nitrogens with zero attached hydrogens (tertiary/aromatic N) is 2. The van der Waals surface area contributed by atoms with Crippen LogP contribution in [-0.4, -0.2) is 45.6 Å². The predicted molar refractivity (Wildman–Crippen MR) is 108 cm³/mol. The van der Waals surface area contributed by atoms with Crippen LogP contribution in [0.2, 0.25) is 0 Å². The Labute approximate surface area is 164 Å². The number of benzene rings is 2. The molecule has 9 heteroatoms. The summed E-state index contributed by atoms with van der Waals surface area (Å²) in [5.74, 6) is -0.324. The minimum atomic E-state index is -3.66. The Morgan fingerprint density at radius 3 is 2.64 bits per heavy atom. The zero-order chi connectivity index (χ0) is 20.7. The van der Waals surface area contributed by atoms with Crippen LogP contribution < -0.4 is 14.5 Å². The molecule has 2 N–H and O–H groups in total. The quantitative estimate of drug-likeness (QED) is 0.515. The van der Waals surface area contributed by atoms with Crippen molar-refractivity contribution >= 4 is 27.8 Å². The van der Waals surface area contributed by atoms with Gasteiger partial charge in [0.05, 0.1) is 25.3 Å². The average Bonchev–Trinajstić information content (AvgIpc) is 2.66. The number of hydrogen-bond acceptors (Lipinski definition) is 6. The van der Waals surface area contributed by atoms with Crippen LogP contribution in [0.25, 0.3) is 0 Å². The van der Waals surface area contributed by atoms with Gasteiger partial charge in [-0.05, 0) is 41.8 Å². The molecule has 8 nitrogen and oxygen atoms in total. The molecule has 0 saturated heterocycles. The molecule has 2 aromatic rings. The van der Waals surface area contributed by atoms with Crippen LogP contribution in [0, 0.1) is 0 Å². The molecular formula is C19H23N3O5S. The largest absolute Gasteiger partial charge is 0.504 e. The third-order valence-electron chi connectivity index (χ3n) is 3.94. The van der Waals surface area contributed by atoms with E-state index >= 15 is 0 Å². The summed E-state index contributed by atoms with van der Waals surface area (Å²) in [6.45, 7) is 1.52. The van der Waals surface area contributed by atoms with Crippen molar-refractivity contribution in [3.8, 4) is 11.5 Å². The molecule has 0 aromatic heterocycles. The smallest absolute Gasteiger partial charge is 0.260 e. The van der Waals surface area contributed by atoms with Gasteiger partial charge in [-0.3, -0.25) is 9.10 Å². The standard InChI is InChI=1S/C19H23N3O5S/c1-4-15-7-5-6-8-16(15)22(28(3,25)26)13-19(24)21-20-12-14-9-10-17(23)18(11-14)27-2/h5-12,23H,4,13H2,1-3H3,(H,21,24)/b20-12-.